The number of benzene rings is 3. The van der Waals surface area contributed by atoms with Crippen LogP contribution in [-0.2, 0) is 0 Å². The average molecular weight is 504 g/mol. The number of anilines is 1. The second-order valence-corrected chi connectivity index (χ2v) is 11.3. The van der Waals surface area contributed by atoms with Crippen LogP contribution in [0.5, 0.6) is 0 Å². The molecule has 0 aromatic heterocycles. The maximum atomic E-state index is 6.27. The summed E-state index contributed by atoms with van der Waals surface area (Å²) in [6, 6.07) is 27.1. The largest absolute Gasteiger partial charge is 0.257 e. The smallest absolute Gasteiger partial charge is 0.0860 e. The van der Waals surface area contributed by atoms with Crippen LogP contribution in [0.4, 0.5) is 5.69 Å². The molecule has 4 heteroatoms. The van der Waals surface area contributed by atoms with Gasteiger partial charge in [0.15, 0.2) is 0 Å². The fourth-order valence-electron chi connectivity index (χ4n) is 5.48. The monoisotopic (exact) mass is 502 g/mol. The van der Waals surface area contributed by atoms with Crippen molar-refractivity contribution in [2.24, 2.45) is 22.4 Å². The molecule has 0 spiro atoms. The van der Waals surface area contributed by atoms with Crippen LogP contribution in [0.15, 0.2) is 89.5 Å². The van der Waals surface area contributed by atoms with Crippen LogP contribution in [0.1, 0.15) is 57.2 Å². The van der Waals surface area contributed by atoms with E-state index < -0.39 is 0 Å². The molecule has 3 unspecified atom stereocenters. The van der Waals surface area contributed by atoms with Crippen LogP contribution in [-0.4, -0.2) is 5.71 Å². The van der Waals surface area contributed by atoms with Gasteiger partial charge >= 0.3 is 0 Å². The van der Waals surface area contributed by atoms with Crippen molar-refractivity contribution in [2.45, 2.75) is 46.1 Å². The van der Waals surface area contributed by atoms with Crippen LogP contribution in [0.2, 0.25) is 10.0 Å². The number of hydrazone groups is 1. The third-order valence-corrected chi connectivity index (χ3v) is 8.51. The Bertz CT molecular complexity index is 1230. The zero-order valence-electron chi connectivity index (χ0n) is 20.6. The molecule has 180 valence electrons. The van der Waals surface area contributed by atoms with Crippen molar-refractivity contribution in [1.82, 2.24) is 0 Å². The van der Waals surface area contributed by atoms with Crippen LogP contribution >= 0.6 is 23.2 Å². The van der Waals surface area contributed by atoms with E-state index in [9.17, 15) is 0 Å². The van der Waals surface area contributed by atoms with Crippen LogP contribution in [0, 0.1) is 17.3 Å². The number of para-hydroxylation sites is 1. The highest BCUT2D eigenvalue weighted by Gasteiger charge is 2.47. The molecule has 35 heavy (non-hydrogen) atoms. The van der Waals surface area contributed by atoms with Gasteiger partial charge in [0.2, 0.25) is 0 Å². The summed E-state index contributed by atoms with van der Waals surface area (Å²) in [6.07, 6.45) is 5.63. The first-order valence-electron chi connectivity index (χ1n) is 12.5. The minimum Gasteiger partial charge on any atom is -0.257 e. The van der Waals surface area contributed by atoms with Gasteiger partial charge in [0.1, 0.15) is 0 Å². The summed E-state index contributed by atoms with van der Waals surface area (Å²) in [5.74, 6) is 0.875. The quantitative estimate of drug-likeness (QED) is 0.339. The zero-order valence-corrected chi connectivity index (χ0v) is 22.1. The molecule has 0 N–H and O–H groups in total. The Labute approximate surface area is 219 Å². The van der Waals surface area contributed by atoms with Crippen molar-refractivity contribution >= 4 is 40.7 Å². The Hall–Kier alpha value is -2.55. The molecule has 0 bridgehead atoms. The molecule has 1 fully saturated rings. The topological polar surface area (TPSA) is 15.6 Å². The minimum atomic E-state index is 0.133. The first kappa shape index (κ1) is 24.2. The van der Waals surface area contributed by atoms with E-state index in [2.05, 4.69) is 86.5 Å². The van der Waals surface area contributed by atoms with Crippen molar-refractivity contribution in [1.29, 1.82) is 0 Å². The van der Waals surface area contributed by atoms with Gasteiger partial charge in [0.05, 0.1) is 17.4 Å². The molecule has 1 aliphatic heterocycles. The summed E-state index contributed by atoms with van der Waals surface area (Å²) in [5, 5.41) is 9.08. The Morgan fingerprint density at radius 3 is 2.17 bits per heavy atom. The predicted octanol–water partition coefficient (Wildman–Crippen LogP) is 9.46. The number of halogens is 2. The second kappa shape index (κ2) is 9.84. The molecule has 2 aliphatic rings. The summed E-state index contributed by atoms with van der Waals surface area (Å²) < 4.78 is 0. The van der Waals surface area contributed by atoms with Crippen LogP contribution < -0.4 is 5.01 Å². The molecule has 0 radical (unpaired) electrons. The van der Waals surface area contributed by atoms with Gasteiger partial charge in [0.25, 0.3) is 0 Å². The van der Waals surface area contributed by atoms with Gasteiger partial charge < -0.3 is 0 Å². The summed E-state index contributed by atoms with van der Waals surface area (Å²) in [4.78, 5) is 0. The Morgan fingerprint density at radius 1 is 0.914 bits per heavy atom. The van der Waals surface area contributed by atoms with Crippen molar-refractivity contribution in [3.05, 3.63) is 106 Å². The first-order valence-corrected chi connectivity index (χ1v) is 13.3. The van der Waals surface area contributed by atoms with E-state index in [1.807, 2.05) is 24.3 Å². The van der Waals surface area contributed by atoms with Crippen molar-refractivity contribution in [3.63, 3.8) is 0 Å². The molecule has 5 rings (SSSR count). The van der Waals surface area contributed by atoms with E-state index >= 15 is 0 Å². The van der Waals surface area contributed by atoms with Crippen LogP contribution in [0.25, 0.3) is 6.08 Å². The van der Waals surface area contributed by atoms with Gasteiger partial charge in [-0.05, 0) is 83.3 Å². The van der Waals surface area contributed by atoms with E-state index in [0.717, 1.165) is 35.0 Å². The minimum absolute atomic E-state index is 0.133. The van der Waals surface area contributed by atoms with Crippen molar-refractivity contribution in [2.75, 3.05) is 5.01 Å². The van der Waals surface area contributed by atoms with Crippen LogP contribution in [0.3, 0.4) is 0 Å². The lowest BCUT2D eigenvalue weighted by Crippen LogP contribution is -2.36. The molecule has 3 aromatic rings. The molecular weight excluding hydrogens is 471 g/mol. The molecule has 1 heterocycles. The van der Waals surface area contributed by atoms with E-state index in [1.54, 1.807) is 0 Å². The number of fused-ring (bicyclic) bond motifs is 1. The van der Waals surface area contributed by atoms with Gasteiger partial charge in [-0.25, -0.2) is 0 Å². The van der Waals surface area contributed by atoms with Crippen molar-refractivity contribution in [3.8, 4) is 0 Å². The number of allylic oxidation sites excluding steroid dienone is 1. The van der Waals surface area contributed by atoms with Gasteiger partial charge in [-0.15, -0.1) is 0 Å². The molecular formula is C31H32Cl2N2. The SMILES string of the molecule is CCC(C)(C)C1C/C(=C\c2ccc(Cl)cc2)C2=NN(c3ccccc3)C(c3ccc(Cl)cc3)C2C1. The van der Waals surface area contributed by atoms with Gasteiger partial charge in [0, 0.05) is 16.0 Å². The van der Waals surface area contributed by atoms with Gasteiger partial charge in [-0.2, -0.15) is 5.10 Å². The number of nitrogens with zero attached hydrogens (tertiary/aromatic N) is 2. The zero-order chi connectivity index (χ0) is 24.6. The summed E-state index contributed by atoms with van der Waals surface area (Å²) in [7, 11) is 0. The maximum Gasteiger partial charge on any atom is 0.0860 e. The molecule has 1 saturated carbocycles. The Balaban J connectivity index is 1.64. The standard InChI is InChI=1S/C31H32Cl2N2/c1-4-31(2,3)24-19-23(18-21-10-14-25(32)15-11-21)29-28(20-24)30(22-12-16-26(33)17-13-22)35(34-29)27-8-6-5-7-9-27/h5-18,24,28,30H,4,19-20H2,1-3H3/b23-18+. The lowest BCUT2D eigenvalue weighted by atomic mass is 9.63. The Morgan fingerprint density at radius 2 is 1.54 bits per heavy atom. The average Bonchev–Trinajstić information content (AvgIpc) is 3.26. The third-order valence-electron chi connectivity index (χ3n) is 8.00. The molecule has 3 aromatic carbocycles. The molecule has 0 amide bonds. The third kappa shape index (κ3) is 4.92. The lowest BCUT2D eigenvalue weighted by Gasteiger charge is -2.41. The van der Waals surface area contributed by atoms with E-state index in [1.165, 1.54) is 22.4 Å². The Kier molecular flexibility index (Phi) is 6.79. The van der Waals surface area contributed by atoms with E-state index in [4.69, 9.17) is 28.3 Å². The molecule has 1 aliphatic carbocycles. The summed E-state index contributed by atoms with van der Waals surface area (Å²) in [5.41, 5.74) is 6.34. The predicted molar refractivity (Wildman–Crippen MR) is 150 cm³/mol. The highest BCUT2D eigenvalue weighted by molar-refractivity contribution is 6.30. The normalized spacial score (nSPS) is 23.3. The van der Waals surface area contributed by atoms with Gasteiger partial charge in [-0.1, -0.05) is 92.9 Å². The van der Waals surface area contributed by atoms with Crippen molar-refractivity contribution < 1.29 is 0 Å². The number of hydrogen-bond acceptors (Lipinski definition) is 2. The maximum absolute atomic E-state index is 6.27. The summed E-state index contributed by atoms with van der Waals surface area (Å²) >= 11 is 12.4. The molecule has 2 nitrogen and oxygen atoms in total. The highest BCUT2D eigenvalue weighted by Crippen LogP contribution is 2.52. The molecule has 3 atom stereocenters. The van der Waals surface area contributed by atoms with Gasteiger partial charge in [-0.3, -0.25) is 5.01 Å². The fraction of sp³-hybridized carbons (Fsp3) is 0.323. The van der Waals surface area contributed by atoms with E-state index in [0.29, 0.717) is 11.8 Å². The fourth-order valence-corrected chi connectivity index (χ4v) is 5.74. The number of rotatable bonds is 5. The first-order chi connectivity index (χ1) is 16.9. The number of hydrogen-bond donors (Lipinski definition) is 0. The summed E-state index contributed by atoms with van der Waals surface area (Å²) in [6.45, 7) is 7.15. The second-order valence-electron chi connectivity index (χ2n) is 10.5. The highest BCUT2D eigenvalue weighted by atomic mass is 35.5. The molecule has 0 saturated heterocycles. The lowest BCUT2D eigenvalue weighted by molar-refractivity contribution is 0.168. The van der Waals surface area contributed by atoms with E-state index in [-0.39, 0.29) is 11.5 Å².